The third-order valence-electron chi connectivity index (χ3n) is 3.59. The standard InChI is InChI=1S/C19H21BrN2O/c1-13(2)14-7-5-8-15(11-14)19(3,4)22-18(23)21-17-10-6-9-16(20)12-17/h5-12H,1H2,2-4H3,(H2,21,22,23). The molecule has 0 unspecified atom stereocenters. The molecule has 0 aliphatic heterocycles. The molecular weight excluding hydrogens is 352 g/mol. The third kappa shape index (κ3) is 4.70. The Kier molecular flexibility index (Phi) is 5.26. The van der Waals surface area contributed by atoms with Gasteiger partial charge in [0.2, 0.25) is 0 Å². The molecular formula is C19H21BrN2O. The smallest absolute Gasteiger partial charge is 0.319 e. The number of halogens is 1. The first kappa shape index (κ1) is 17.3. The van der Waals surface area contributed by atoms with Crippen molar-refractivity contribution in [2.75, 3.05) is 5.32 Å². The SMILES string of the molecule is C=C(C)c1cccc(C(C)(C)NC(=O)Nc2cccc(Br)c2)c1. The van der Waals surface area contributed by atoms with E-state index in [0.29, 0.717) is 0 Å². The second-order valence-electron chi connectivity index (χ2n) is 6.08. The third-order valence-corrected chi connectivity index (χ3v) is 4.08. The van der Waals surface area contributed by atoms with Gasteiger partial charge in [-0.3, -0.25) is 0 Å². The van der Waals surface area contributed by atoms with Crippen LogP contribution in [0.4, 0.5) is 10.5 Å². The molecule has 0 radical (unpaired) electrons. The van der Waals surface area contributed by atoms with Crippen molar-refractivity contribution in [3.8, 4) is 0 Å². The Hall–Kier alpha value is -2.07. The molecule has 0 heterocycles. The van der Waals surface area contributed by atoms with Gasteiger partial charge in [-0.05, 0) is 56.2 Å². The molecule has 2 rings (SSSR count). The normalized spacial score (nSPS) is 11.0. The molecule has 2 amide bonds. The molecule has 0 saturated heterocycles. The molecule has 120 valence electrons. The van der Waals surface area contributed by atoms with Crippen LogP contribution in [0.15, 0.2) is 59.6 Å². The van der Waals surface area contributed by atoms with Gasteiger partial charge in [0.15, 0.2) is 0 Å². The van der Waals surface area contributed by atoms with Gasteiger partial charge in [-0.2, -0.15) is 0 Å². The lowest BCUT2D eigenvalue weighted by Gasteiger charge is -2.27. The number of carbonyl (C=O) groups excluding carboxylic acids is 1. The predicted octanol–water partition coefficient (Wildman–Crippen LogP) is 5.54. The monoisotopic (exact) mass is 372 g/mol. The minimum absolute atomic E-state index is 0.242. The molecule has 0 aliphatic rings. The fourth-order valence-electron chi connectivity index (χ4n) is 2.26. The molecule has 2 aromatic rings. The zero-order valence-corrected chi connectivity index (χ0v) is 15.2. The van der Waals surface area contributed by atoms with E-state index in [0.717, 1.165) is 26.9 Å². The first-order chi connectivity index (χ1) is 10.8. The molecule has 0 aliphatic carbocycles. The number of hydrogen-bond donors (Lipinski definition) is 2. The summed E-state index contributed by atoms with van der Waals surface area (Å²) in [5.41, 5.74) is 3.35. The molecule has 23 heavy (non-hydrogen) atoms. The summed E-state index contributed by atoms with van der Waals surface area (Å²) in [4.78, 5) is 12.3. The summed E-state index contributed by atoms with van der Waals surface area (Å²) in [5, 5.41) is 5.86. The van der Waals surface area contributed by atoms with Crippen LogP contribution < -0.4 is 10.6 Å². The van der Waals surface area contributed by atoms with Crippen LogP contribution in [-0.4, -0.2) is 6.03 Å². The van der Waals surface area contributed by atoms with Crippen LogP contribution in [0.5, 0.6) is 0 Å². The lowest BCUT2D eigenvalue weighted by atomic mass is 9.92. The molecule has 2 N–H and O–H groups in total. The van der Waals surface area contributed by atoms with E-state index in [1.54, 1.807) is 0 Å². The topological polar surface area (TPSA) is 41.1 Å². The summed E-state index contributed by atoms with van der Waals surface area (Å²) in [5.74, 6) is 0. The van der Waals surface area contributed by atoms with E-state index in [4.69, 9.17) is 0 Å². The molecule has 0 aromatic heterocycles. The van der Waals surface area contributed by atoms with Gasteiger partial charge in [-0.15, -0.1) is 0 Å². The number of allylic oxidation sites excluding steroid dienone is 1. The molecule has 4 heteroatoms. The number of nitrogens with one attached hydrogen (secondary N) is 2. The van der Waals surface area contributed by atoms with E-state index in [2.05, 4.69) is 39.2 Å². The van der Waals surface area contributed by atoms with Crippen molar-refractivity contribution in [2.24, 2.45) is 0 Å². The number of hydrogen-bond acceptors (Lipinski definition) is 1. The minimum atomic E-state index is -0.498. The molecule has 2 aromatic carbocycles. The minimum Gasteiger partial charge on any atom is -0.329 e. The Bertz CT molecular complexity index is 738. The van der Waals surface area contributed by atoms with Crippen LogP contribution in [0, 0.1) is 0 Å². The number of anilines is 1. The van der Waals surface area contributed by atoms with E-state index < -0.39 is 5.54 Å². The predicted molar refractivity (Wildman–Crippen MR) is 100 cm³/mol. The van der Waals surface area contributed by atoms with Crippen molar-refractivity contribution in [3.05, 3.63) is 70.7 Å². The Morgan fingerprint density at radius 2 is 1.83 bits per heavy atom. The summed E-state index contributed by atoms with van der Waals surface area (Å²) in [6.45, 7) is 9.90. The first-order valence-corrected chi connectivity index (χ1v) is 8.18. The van der Waals surface area contributed by atoms with Gasteiger partial charge in [0.25, 0.3) is 0 Å². The number of rotatable bonds is 4. The molecule has 0 saturated carbocycles. The average molecular weight is 373 g/mol. The van der Waals surface area contributed by atoms with Gasteiger partial charge in [0, 0.05) is 10.2 Å². The lowest BCUT2D eigenvalue weighted by molar-refractivity contribution is 0.242. The summed E-state index contributed by atoms with van der Waals surface area (Å²) < 4.78 is 0.920. The van der Waals surface area contributed by atoms with Crippen molar-refractivity contribution in [1.29, 1.82) is 0 Å². The second-order valence-corrected chi connectivity index (χ2v) is 6.99. The zero-order chi connectivity index (χ0) is 17.0. The summed E-state index contributed by atoms with van der Waals surface area (Å²) in [6, 6.07) is 15.3. The fourth-order valence-corrected chi connectivity index (χ4v) is 2.66. The van der Waals surface area contributed by atoms with Crippen LogP contribution in [-0.2, 0) is 5.54 Å². The molecule has 0 fully saturated rings. The van der Waals surface area contributed by atoms with Gasteiger partial charge in [0.1, 0.15) is 0 Å². The number of carbonyl (C=O) groups is 1. The average Bonchev–Trinajstić information content (AvgIpc) is 2.46. The summed E-state index contributed by atoms with van der Waals surface area (Å²) >= 11 is 3.39. The molecule has 0 spiro atoms. The highest BCUT2D eigenvalue weighted by atomic mass is 79.9. The first-order valence-electron chi connectivity index (χ1n) is 7.39. The van der Waals surface area contributed by atoms with Gasteiger partial charge >= 0.3 is 6.03 Å². The quantitative estimate of drug-likeness (QED) is 0.726. The molecule has 0 bridgehead atoms. The number of benzene rings is 2. The zero-order valence-electron chi connectivity index (χ0n) is 13.6. The van der Waals surface area contributed by atoms with Crippen molar-refractivity contribution < 1.29 is 4.79 Å². The largest absolute Gasteiger partial charge is 0.329 e. The van der Waals surface area contributed by atoms with Crippen molar-refractivity contribution in [3.63, 3.8) is 0 Å². The Morgan fingerprint density at radius 3 is 2.48 bits per heavy atom. The van der Waals surface area contributed by atoms with Crippen LogP contribution in [0.1, 0.15) is 31.9 Å². The molecule has 3 nitrogen and oxygen atoms in total. The van der Waals surface area contributed by atoms with Gasteiger partial charge in [-0.1, -0.05) is 52.3 Å². The Balaban J connectivity index is 2.12. The maximum absolute atomic E-state index is 12.3. The second kappa shape index (κ2) is 7.01. The van der Waals surface area contributed by atoms with E-state index >= 15 is 0 Å². The fraction of sp³-hybridized carbons (Fsp3) is 0.211. The van der Waals surface area contributed by atoms with Crippen molar-refractivity contribution in [1.82, 2.24) is 5.32 Å². The van der Waals surface area contributed by atoms with Crippen molar-refractivity contribution >= 4 is 33.2 Å². The highest BCUT2D eigenvalue weighted by Gasteiger charge is 2.23. The van der Waals surface area contributed by atoms with Crippen LogP contribution >= 0.6 is 15.9 Å². The molecule has 0 atom stereocenters. The number of urea groups is 1. The highest BCUT2D eigenvalue weighted by molar-refractivity contribution is 9.10. The summed E-state index contributed by atoms with van der Waals surface area (Å²) in [6.07, 6.45) is 0. The maximum Gasteiger partial charge on any atom is 0.319 e. The van der Waals surface area contributed by atoms with E-state index in [1.807, 2.05) is 63.2 Å². The Morgan fingerprint density at radius 1 is 1.13 bits per heavy atom. The summed E-state index contributed by atoms with van der Waals surface area (Å²) in [7, 11) is 0. The van der Waals surface area contributed by atoms with Gasteiger partial charge < -0.3 is 10.6 Å². The van der Waals surface area contributed by atoms with Gasteiger partial charge in [-0.25, -0.2) is 4.79 Å². The van der Waals surface area contributed by atoms with Crippen LogP contribution in [0.25, 0.3) is 5.57 Å². The van der Waals surface area contributed by atoms with E-state index in [-0.39, 0.29) is 6.03 Å². The maximum atomic E-state index is 12.3. The van der Waals surface area contributed by atoms with Crippen molar-refractivity contribution in [2.45, 2.75) is 26.3 Å². The number of amides is 2. The lowest BCUT2D eigenvalue weighted by Crippen LogP contribution is -2.43. The van der Waals surface area contributed by atoms with E-state index in [9.17, 15) is 4.79 Å². The van der Waals surface area contributed by atoms with Gasteiger partial charge in [0.05, 0.1) is 5.54 Å². The van der Waals surface area contributed by atoms with Crippen LogP contribution in [0.3, 0.4) is 0 Å². The Labute approximate surface area is 145 Å². The highest BCUT2D eigenvalue weighted by Crippen LogP contribution is 2.24. The van der Waals surface area contributed by atoms with Crippen LogP contribution in [0.2, 0.25) is 0 Å². The van der Waals surface area contributed by atoms with E-state index in [1.165, 1.54) is 0 Å².